The third-order valence-electron chi connectivity index (χ3n) is 4.36. The molecule has 0 bridgehead atoms. The summed E-state index contributed by atoms with van der Waals surface area (Å²) in [6.45, 7) is 0.749. The average Bonchev–Trinajstić information content (AvgIpc) is 2.93. The minimum atomic E-state index is 0.322. The van der Waals surface area contributed by atoms with Gasteiger partial charge >= 0.3 is 0 Å². The first-order valence-electron chi connectivity index (χ1n) is 7.82. The molecule has 1 saturated carbocycles. The van der Waals surface area contributed by atoms with E-state index in [-0.39, 0.29) is 0 Å². The standard InChI is InChI=1S/C19H23NO/c20-19-8-4-7-17(19)14-21-18-11-9-16(10-12-18)13-15-5-2-1-3-6-15/h1-3,5-6,9-12,17,19H,4,7-8,13-14,20H2. The molecule has 2 aromatic carbocycles. The lowest BCUT2D eigenvalue weighted by Crippen LogP contribution is -2.28. The van der Waals surface area contributed by atoms with Crippen molar-refractivity contribution in [2.75, 3.05) is 6.61 Å². The first kappa shape index (κ1) is 14.2. The molecule has 2 N–H and O–H groups in total. The smallest absolute Gasteiger partial charge is 0.119 e. The summed E-state index contributed by atoms with van der Waals surface area (Å²) in [6, 6.07) is 19.3. The van der Waals surface area contributed by atoms with E-state index in [9.17, 15) is 0 Å². The summed E-state index contributed by atoms with van der Waals surface area (Å²) in [6.07, 6.45) is 4.55. The van der Waals surface area contributed by atoms with Gasteiger partial charge in [0.25, 0.3) is 0 Å². The predicted octanol–water partition coefficient (Wildman–Crippen LogP) is 3.78. The lowest BCUT2D eigenvalue weighted by molar-refractivity contribution is 0.239. The van der Waals surface area contributed by atoms with Crippen molar-refractivity contribution in [1.29, 1.82) is 0 Å². The number of hydrogen-bond donors (Lipinski definition) is 1. The van der Waals surface area contributed by atoms with E-state index in [4.69, 9.17) is 10.5 Å². The fourth-order valence-electron chi connectivity index (χ4n) is 3.01. The molecule has 0 amide bonds. The molecule has 2 heteroatoms. The van der Waals surface area contributed by atoms with Gasteiger partial charge in [0.15, 0.2) is 0 Å². The van der Waals surface area contributed by atoms with Gasteiger partial charge in [0.2, 0.25) is 0 Å². The molecule has 2 nitrogen and oxygen atoms in total. The van der Waals surface area contributed by atoms with E-state index in [1.54, 1.807) is 0 Å². The molecular formula is C19H23NO. The van der Waals surface area contributed by atoms with Crippen molar-refractivity contribution < 1.29 is 4.74 Å². The van der Waals surface area contributed by atoms with E-state index in [1.165, 1.54) is 24.0 Å². The van der Waals surface area contributed by atoms with Gasteiger partial charge in [-0.25, -0.2) is 0 Å². The number of nitrogens with two attached hydrogens (primary N) is 1. The van der Waals surface area contributed by atoms with Crippen molar-refractivity contribution >= 4 is 0 Å². The second-order valence-corrected chi connectivity index (χ2v) is 5.97. The maximum Gasteiger partial charge on any atom is 0.119 e. The normalized spacial score (nSPS) is 21.4. The Morgan fingerprint density at radius 3 is 2.29 bits per heavy atom. The largest absolute Gasteiger partial charge is 0.493 e. The van der Waals surface area contributed by atoms with Crippen molar-refractivity contribution in [3.63, 3.8) is 0 Å². The number of hydrogen-bond acceptors (Lipinski definition) is 2. The molecule has 3 rings (SSSR count). The Morgan fingerprint density at radius 2 is 1.62 bits per heavy atom. The monoisotopic (exact) mass is 281 g/mol. The lowest BCUT2D eigenvalue weighted by atomic mass is 10.0. The van der Waals surface area contributed by atoms with E-state index in [1.807, 2.05) is 6.07 Å². The van der Waals surface area contributed by atoms with E-state index < -0.39 is 0 Å². The lowest BCUT2D eigenvalue weighted by Gasteiger charge is -2.16. The zero-order valence-corrected chi connectivity index (χ0v) is 12.4. The molecule has 1 aliphatic carbocycles. The van der Waals surface area contributed by atoms with Gasteiger partial charge in [-0.15, -0.1) is 0 Å². The molecule has 0 aliphatic heterocycles. The second-order valence-electron chi connectivity index (χ2n) is 5.97. The van der Waals surface area contributed by atoms with Crippen LogP contribution in [0.3, 0.4) is 0 Å². The fourth-order valence-corrected chi connectivity index (χ4v) is 3.01. The molecular weight excluding hydrogens is 258 g/mol. The zero-order chi connectivity index (χ0) is 14.5. The van der Waals surface area contributed by atoms with Gasteiger partial charge < -0.3 is 10.5 Å². The van der Waals surface area contributed by atoms with Gasteiger partial charge in [0, 0.05) is 12.0 Å². The Bertz CT molecular complexity index is 550. The Kier molecular flexibility index (Phi) is 4.56. The highest BCUT2D eigenvalue weighted by Gasteiger charge is 2.24. The van der Waals surface area contributed by atoms with Crippen molar-refractivity contribution in [3.05, 3.63) is 65.7 Å². The number of benzene rings is 2. The van der Waals surface area contributed by atoms with Gasteiger partial charge in [0.05, 0.1) is 6.61 Å². The first-order valence-corrected chi connectivity index (χ1v) is 7.82. The van der Waals surface area contributed by atoms with Crippen LogP contribution < -0.4 is 10.5 Å². The summed E-state index contributed by atoms with van der Waals surface area (Å²) in [5.74, 6) is 1.47. The molecule has 2 aromatic rings. The predicted molar refractivity (Wildman–Crippen MR) is 86.5 cm³/mol. The highest BCUT2D eigenvalue weighted by atomic mass is 16.5. The van der Waals surface area contributed by atoms with E-state index in [0.717, 1.165) is 25.2 Å². The zero-order valence-electron chi connectivity index (χ0n) is 12.4. The van der Waals surface area contributed by atoms with E-state index in [2.05, 4.69) is 48.5 Å². The van der Waals surface area contributed by atoms with Crippen LogP contribution in [0.5, 0.6) is 5.75 Å². The van der Waals surface area contributed by atoms with Crippen LogP contribution in [-0.4, -0.2) is 12.6 Å². The summed E-state index contributed by atoms with van der Waals surface area (Å²) in [5.41, 5.74) is 8.72. The molecule has 0 radical (unpaired) electrons. The third-order valence-corrected chi connectivity index (χ3v) is 4.36. The summed E-state index contributed by atoms with van der Waals surface area (Å²) < 4.78 is 5.89. The SMILES string of the molecule is NC1CCCC1COc1ccc(Cc2ccccc2)cc1. The number of ether oxygens (including phenoxy) is 1. The topological polar surface area (TPSA) is 35.2 Å². The minimum absolute atomic E-state index is 0.322. The van der Waals surface area contributed by atoms with Crippen LogP contribution in [0.1, 0.15) is 30.4 Å². The van der Waals surface area contributed by atoms with Crippen LogP contribution in [0.25, 0.3) is 0 Å². The van der Waals surface area contributed by atoms with Crippen molar-refractivity contribution in [2.24, 2.45) is 11.7 Å². The Morgan fingerprint density at radius 1 is 0.905 bits per heavy atom. The van der Waals surface area contributed by atoms with E-state index in [0.29, 0.717) is 12.0 Å². The molecule has 0 saturated heterocycles. The van der Waals surface area contributed by atoms with Crippen LogP contribution in [0.2, 0.25) is 0 Å². The molecule has 1 fully saturated rings. The first-order chi connectivity index (χ1) is 10.3. The quantitative estimate of drug-likeness (QED) is 0.905. The number of rotatable bonds is 5. The van der Waals surface area contributed by atoms with Gasteiger partial charge in [-0.05, 0) is 42.5 Å². The van der Waals surface area contributed by atoms with Gasteiger partial charge in [-0.2, -0.15) is 0 Å². The van der Waals surface area contributed by atoms with Crippen LogP contribution in [-0.2, 0) is 6.42 Å². The fraction of sp³-hybridized carbons (Fsp3) is 0.368. The molecule has 2 unspecified atom stereocenters. The summed E-state index contributed by atoms with van der Waals surface area (Å²) >= 11 is 0. The highest BCUT2D eigenvalue weighted by Crippen LogP contribution is 2.25. The molecule has 110 valence electrons. The molecule has 0 heterocycles. The maximum atomic E-state index is 6.07. The Hall–Kier alpha value is -1.80. The van der Waals surface area contributed by atoms with Crippen LogP contribution in [0.4, 0.5) is 0 Å². The maximum absolute atomic E-state index is 6.07. The molecule has 2 atom stereocenters. The molecule has 21 heavy (non-hydrogen) atoms. The Balaban J connectivity index is 1.54. The minimum Gasteiger partial charge on any atom is -0.493 e. The summed E-state index contributed by atoms with van der Waals surface area (Å²) in [4.78, 5) is 0. The van der Waals surface area contributed by atoms with Crippen molar-refractivity contribution in [3.8, 4) is 5.75 Å². The van der Waals surface area contributed by atoms with Crippen molar-refractivity contribution in [2.45, 2.75) is 31.7 Å². The van der Waals surface area contributed by atoms with Gasteiger partial charge in [-0.3, -0.25) is 0 Å². The van der Waals surface area contributed by atoms with Gasteiger partial charge in [0.1, 0.15) is 5.75 Å². The van der Waals surface area contributed by atoms with Crippen LogP contribution in [0, 0.1) is 5.92 Å². The third kappa shape index (κ3) is 3.85. The molecule has 0 spiro atoms. The second kappa shape index (κ2) is 6.77. The van der Waals surface area contributed by atoms with E-state index >= 15 is 0 Å². The van der Waals surface area contributed by atoms with Crippen molar-refractivity contribution in [1.82, 2.24) is 0 Å². The summed E-state index contributed by atoms with van der Waals surface area (Å²) in [7, 11) is 0. The molecule has 0 aromatic heterocycles. The average molecular weight is 281 g/mol. The van der Waals surface area contributed by atoms with Gasteiger partial charge in [-0.1, -0.05) is 48.9 Å². The molecule has 1 aliphatic rings. The van der Waals surface area contributed by atoms with Crippen LogP contribution >= 0.6 is 0 Å². The highest BCUT2D eigenvalue weighted by molar-refractivity contribution is 5.31. The van der Waals surface area contributed by atoms with Crippen LogP contribution in [0.15, 0.2) is 54.6 Å². The summed E-state index contributed by atoms with van der Waals surface area (Å²) in [5, 5.41) is 0. The Labute approximate surface area is 126 Å².